The molecule has 0 aromatic heterocycles. The molecule has 1 atom stereocenters. The van der Waals surface area contributed by atoms with Crippen LogP contribution in [-0.4, -0.2) is 24.2 Å². The fourth-order valence-corrected chi connectivity index (χ4v) is 0.368. The third kappa shape index (κ3) is 10.9. The Balaban J connectivity index is 0. The fourth-order valence-electron chi connectivity index (χ4n) is 0.368. The molecule has 0 bridgehead atoms. The van der Waals surface area contributed by atoms with Crippen LogP contribution < -0.4 is 0 Å². The molecule has 0 aromatic carbocycles. The summed E-state index contributed by atoms with van der Waals surface area (Å²) in [7, 11) is 1.41. The third-order valence-corrected chi connectivity index (χ3v) is 1.52. The van der Waals surface area contributed by atoms with Crippen LogP contribution in [0.1, 0.15) is 33.6 Å². The van der Waals surface area contributed by atoms with E-state index in [0.29, 0.717) is 0 Å². The van der Waals surface area contributed by atoms with Crippen LogP contribution in [0, 0.1) is 5.92 Å². The first-order chi connectivity index (χ1) is 5.99. The minimum Gasteiger partial charge on any atom is -0.481 e. The number of carbonyl (C=O) groups is 2. The zero-order valence-corrected chi connectivity index (χ0v) is 8.66. The molecule has 4 heteroatoms. The normalized spacial score (nSPS) is 10.8. The van der Waals surface area contributed by atoms with Gasteiger partial charge in [-0.2, -0.15) is 0 Å². The minimum absolute atomic E-state index is 0.0556. The highest BCUT2D eigenvalue weighted by molar-refractivity contribution is 5.71. The summed E-state index contributed by atoms with van der Waals surface area (Å²) < 4.78 is 4.46. The predicted molar refractivity (Wildman–Crippen MR) is 49.4 cm³/mol. The Morgan fingerprint density at radius 2 is 1.77 bits per heavy atom. The third-order valence-electron chi connectivity index (χ3n) is 1.52. The summed E-state index contributed by atoms with van der Waals surface area (Å²) in [6, 6.07) is 0. The average Bonchev–Trinajstić information content (AvgIpc) is 2.16. The fraction of sp³-hybridized carbons (Fsp3) is 0.778. The monoisotopic (exact) mass is 190 g/mol. The molecule has 4 nitrogen and oxygen atoms in total. The molecular weight excluding hydrogens is 172 g/mol. The number of carboxylic acids is 1. The van der Waals surface area contributed by atoms with Crippen LogP contribution in [0.5, 0.6) is 0 Å². The van der Waals surface area contributed by atoms with Crippen LogP contribution in [0.4, 0.5) is 0 Å². The smallest absolute Gasteiger partial charge is 0.308 e. The summed E-state index contributed by atoms with van der Waals surface area (Å²) in [5, 5.41) is 7.72. The molecule has 0 spiro atoms. The van der Waals surface area contributed by atoms with Crippen molar-refractivity contribution in [3.05, 3.63) is 0 Å². The van der Waals surface area contributed by atoms with Crippen molar-refractivity contribution in [2.24, 2.45) is 5.92 Å². The minimum atomic E-state index is -0.745. The molecule has 0 fully saturated rings. The lowest BCUT2D eigenvalue weighted by atomic mass is 10.1. The molecule has 0 aliphatic rings. The molecular formula is C9H18O4. The standard InChI is InChI=1S/C6H12O2.C3H6O2/c1-4-5(2)6(7)8-3;1-2-3(4)5/h5H,4H2,1-3H3;2H2,1H3,(H,4,5). The highest BCUT2D eigenvalue weighted by atomic mass is 16.5. The van der Waals surface area contributed by atoms with Crippen LogP contribution >= 0.6 is 0 Å². The Hall–Kier alpha value is -1.06. The van der Waals surface area contributed by atoms with Crippen molar-refractivity contribution in [3.8, 4) is 0 Å². The van der Waals surface area contributed by atoms with Crippen LogP contribution in [0.2, 0.25) is 0 Å². The highest BCUT2D eigenvalue weighted by Gasteiger charge is 2.08. The van der Waals surface area contributed by atoms with E-state index in [0.717, 1.165) is 6.42 Å². The van der Waals surface area contributed by atoms with Gasteiger partial charge in [-0.3, -0.25) is 9.59 Å². The van der Waals surface area contributed by atoms with Gasteiger partial charge < -0.3 is 9.84 Å². The number of hydrogen-bond acceptors (Lipinski definition) is 3. The van der Waals surface area contributed by atoms with E-state index in [-0.39, 0.29) is 18.3 Å². The lowest BCUT2D eigenvalue weighted by Crippen LogP contribution is -2.10. The first-order valence-corrected chi connectivity index (χ1v) is 4.29. The van der Waals surface area contributed by atoms with Gasteiger partial charge in [0.25, 0.3) is 0 Å². The second kappa shape index (κ2) is 9.03. The summed E-state index contributed by atoms with van der Waals surface area (Å²) in [6.07, 6.45) is 1.08. The number of ether oxygens (including phenoxy) is 1. The first-order valence-electron chi connectivity index (χ1n) is 4.29. The van der Waals surface area contributed by atoms with E-state index in [1.165, 1.54) is 7.11 Å². The van der Waals surface area contributed by atoms with Gasteiger partial charge in [0.1, 0.15) is 0 Å². The van der Waals surface area contributed by atoms with Gasteiger partial charge in [-0.15, -0.1) is 0 Å². The molecule has 0 radical (unpaired) electrons. The zero-order valence-electron chi connectivity index (χ0n) is 8.66. The molecule has 0 rings (SSSR count). The van der Waals surface area contributed by atoms with Crippen LogP contribution in [0.25, 0.3) is 0 Å². The van der Waals surface area contributed by atoms with Gasteiger partial charge in [-0.25, -0.2) is 0 Å². The lowest BCUT2D eigenvalue weighted by molar-refractivity contribution is -0.144. The number of rotatable bonds is 3. The molecule has 0 heterocycles. The zero-order chi connectivity index (χ0) is 10.9. The summed E-state index contributed by atoms with van der Waals surface area (Å²) in [5.41, 5.74) is 0. The quantitative estimate of drug-likeness (QED) is 0.688. The lowest BCUT2D eigenvalue weighted by Gasteiger charge is -2.02. The van der Waals surface area contributed by atoms with E-state index < -0.39 is 5.97 Å². The first kappa shape index (κ1) is 14.5. The van der Waals surface area contributed by atoms with E-state index in [2.05, 4.69) is 4.74 Å². The molecule has 78 valence electrons. The molecule has 0 saturated carbocycles. The number of carbonyl (C=O) groups excluding carboxylic acids is 1. The topological polar surface area (TPSA) is 63.6 Å². The number of hydrogen-bond donors (Lipinski definition) is 1. The SMILES string of the molecule is CCC(=O)O.CCC(C)C(=O)OC. The van der Waals surface area contributed by atoms with Crippen molar-refractivity contribution in [2.45, 2.75) is 33.6 Å². The Kier molecular flexibility index (Phi) is 10.0. The Morgan fingerprint density at radius 1 is 1.38 bits per heavy atom. The summed E-state index contributed by atoms with van der Waals surface area (Å²) in [6.45, 7) is 5.41. The second-order valence-electron chi connectivity index (χ2n) is 2.58. The largest absolute Gasteiger partial charge is 0.481 e. The van der Waals surface area contributed by atoms with Gasteiger partial charge in [0, 0.05) is 6.42 Å². The summed E-state index contributed by atoms with van der Waals surface area (Å²) in [5.74, 6) is -0.808. The van der Waals surface area contributed by atoms with Crippen molar-refractivity contribution >= 4 is 11.9 Å². The Morgan fingerprint density at radius 3 is 1.85 bits per heavy atom. The van der Waals surface area contributed by atoms with Crippen molar-refractivity contribution < 1.29 is 19.4 Å². The number of carboxylic acid groups (broad SMARTS) is 1. The number of aliphatic carboxylic acids is 1. The van der Waals surface area contributed by atoms with Gasteiger partial charge >= 0.3 is 11.9 Å². The maximum Gasteiger partial charge on any atom is 0.308 e. The molecule has 0 aromatic rings. The number of esters is 1. The van der Waals surface area contributed by atoms with Gasteiger partial charge in [0.15, 0.2) is 0 Å². The second-order valence-corrected chi connectivity index (χ2v) is 2.58. The molecule has 1 N–H and O–H groups in total. The van der Waals surface area contributed by atoms with Crippen LogP contribution in [0.15, 0.2) is 0 Å². The van der Waals surface area contributed by atoms with Crippen LogP contribution in [-0.2, 0) is 14.3 Å². The maximum absolute atomic E-state index is 10.5. The maximum atomic E-state index is 10.5. The van der Waals surface area contributed by atoms with E-state index in [4.69, 9.17) is 5.11 Å². The average molecular weight is 190 g/mol. The van der Waals surface area contributed by atoms with E-state index in [1.54, 1.807) is 6.92 Å². The van der Waals surface area contributed by atoms with E-state index >= 15 is 0 Å². The molecule has 0 saturated heterocycles. The van der Waals surface area contributed by atoms with Gasteiger partial charge in [-0.1, -0.05) is 20.8 Å². The van der Waals surface area contributed by atoms with Gasteiger partial charge in [-0.05, 0) is 6.42 Å². The van der Waals surface area contributed by atoms with Crippen molar-refractivity contribution in [1.82, 2.24) is 0 Å². The van der Waals surface area contributed by atoms with Crippen molar-refractivity contribution in [1.29, 1.82) is 0 Å². The van der Waals surface area contributed by atoms with Crippen molar-refractivity contribution in [2.75, 3.05) is 7.11 Å². The summed E-state index contributed by atoms with van der Waals surface area (Å²) in [4.78, 5) is 19.9. The van der Waals surface area contributed by atoms with E-state index in [9.17, 15) is 9.59 Å². The number of methoxy groups -OCH3 is 1. The van der Waals surface area contributed by atoms with Gasteiger partial charge in [0.05, 0.1) is 13.0 Å². The van der Waals surface area contributed by atoms with Crippen LogP contribution in [0.3, 0.4) is 0 Å². The van der Waals surface area contributed by atoms with Gasteiger partial charge in [0.2, 0.25) is 0 Å². The molecule has 13 heavy (non-hydrogen) atoms. The molecule has 1 unspecified atom stereocenters. The predicted octanol–water partition coefficient (Wildman–Crippen LogP) is 1.69. The highest BCUT2D eigenvalue weighted by Crippen LogP contribution is 2.00. The molecule has 0 aliphatic heterocycles. The van der Waals surface area contributed by atoms with Crippen molar-refractivity contribution in [3.63, 3.8) is 0 Å². The summed E-state index contributed by atoms with van der Waals surface area (Å²) >= 11 is 0. The van der Waals surface area contributed by atoms with E-state index in [1.807, 2.05) is 13.8 Å². The molecule has 0 amide bonds. The molecule has 0 aliphatic carbocycles. The Bertz CT molecular complexity index is 154. The Labute approximate surface area is 78.9 Å².